The van der Waals surface area contributed by atoms with Crippen LogP contribution in [0.2, 0.25) is 0 Å². The number of pyridine rings is 1. The minimum atomic E-state index is -4.38. The average Bonchev–Trinajstić information content (AvgIpc) is 3.18. The van der Waals surface area contributed by atoms with E-state index in [-0.39, 0.29) is 5.88 Å². The Bertz CT molecular complexity index is 854. The lowest BCUT2D eigenvalue weighted by Crippen LogP contribution is -2.38. The molecule has 0 radical (unpaired) electrons. The highest BCUT2D eigenvalue weighted by molar-refractivity contribution is 5.79. The third kappa shape index (κ3) is 6.82. The number of nitrogens with zero attached hydrogens (tertiary/aromatic N) is 2. The lowest BCUT2D eigenvalue weighted by molar-refractivity contribution is -0.154. The van der Waals surface area contributed by atoms with Crippen molar-refractivity contribution in [3.63, 3.8) is 0 Å². The van der Waals surface area contributed by atoms with Gasteiger partial charge in [0.15, 0.2) is 12.6 Å². The summed E-state index contributed by atoms with van der Waals surface area (Å²) >= 11 is 0. The maximum absolute atomic E-state index is 12.2. The van der Waals surface area contributed by atoms with Gasteiger partial charge in [0.25, 0.3) is 0 Å². The summed E-state index contributed by atoms with van der Waals surface area (Å²) in [6, 6.07) is 9.34. The number of ether oxygens (including phenoxy) is 2. The van der Waals surface area contributed by atoms with Crippen molar-refractivity contribution in [2.75, 3.05) is 26.3 Å². The molecule has 1 aliphatic rings. The van der Waals surface area contributed by atoms with Crippen molar-refractivity contribution >= 4 is 5.96 Å². The molecular formula is C21H25F3N4O2. The zero-order valence-electron chi connectivity index (χ0n) is 16.8. The standard InChI is InChI=1S/C21H25F3N4O2/c1-2-25-20(26-9-7-15-3-5-18-17(11-15)8-10-29-18)28-13-16-4-6-19(27-12-16)30-14-21(22,23)24/h3-6,11-12H,2,7-10,13-14H2,1H3,(H2,25,26,28). The van der Waals surface area contributed by atoms with E-state index < -0.39 is 12.8 Å². The van der Waals surface area contributed by atoms with Crippen molar-refractivity contribution in [2.45, 2.75) is 32.5 Å². The Morgan fingerprint density at radius 3 is 2.77 bits per heavy atom. The maximum atomic E-state index is 12.2. The number of fused-ring (bicyclic) bond motifs is 1. The molecule has 6 nitrogen and oxygen atoms in total. The van der Waals surface area contributed by atoms with Crippen LogP contribution in [-0.2, 0) is 19.4 Å². The lowest BCUT2D eigenvalue weighted by atomic mass is 10.1. The molecule has 1 aliphatic heterocycles. The number of hydrogen-bond acceptors (Lipinski definition) is 4. The van der Waals surface area contributed by atoms with Crippen LogP contribution in [0.5, 0.6) is 11.6 Å². The van der Waals surface area contributed by atoms with Gasteiger partial charge in [0.05, 0.1) is 13.2 Å². The quantitative estimate of drug-likeness (QED) is 0.505. The van der Waals surface area contributed by atoms with Crippen LogP contribution in [0.1, 0.15) is 23.6 Å². The van der Waals surface area contributed by atoms with Crippen LogP contribution in [0.15, 0.2) is 41.5 Å². The van der Waals surface area contributed by atoms with Crippen LogP contribution in [0.4, 0.5) is 13.2 Å². The van der Waals surface area contributed by atoms with Crippen molar-refractivity contribution < 1.29 is 22.6 Å². The summed E-state index contributed by atoms with van der Waals surface area (Å²) in [5.74, 6) is 1.58. The topological polar surface area (TPSA) is 67.8 Å². The fourth-order valence-electron chi connectivity index (χ4n) is 2.98. The van der Waals surface area contributed by atoms with Gasteiger partial charge in [0, 0.05) is 31.8 Å². The zero-order chi connectivity index (χ0) is 21.4. The van der Waals surface area contributed by atoms with Crippen LogP contribution >= 0.6 is 0 Å². The fraction of sp³-hybridized carbons (Fsp3) is 0.429. The van der Waals surface area contributed by atoms with Gasteiger partial charge in [-0.15, -0.1) is 0 Å². The summed E-state index contributed by atoms with van der Waals surface area (Å²) in [4.78, 5) is 8.39. The second-order valence-electron chi connectivity index (χ2n) is 6.82. The molecule has 1 aromatic heterocycles. The first-order valence-corrected chi connectivity index (χ1v) is 9.84. The van der Waals surface area contributed by atoms with Crippen LogP contribution in [-0.4, -0.2) is 43.4 Å². The van der Waals surface area contributed by atoms with Gasteiger partial charge in [0.2, 0.25) is 5.88 Å². The van der Waals surface area contributed by atoms with Crippen molar-refractivity contribution in [1.82, 2.24) is 15.6 Å². The van der Waals surface area contributed by atoms with E-state index in [9.17, 15) is 13.2 Å². The molecule has 2 heterocycles. The van der Waals surface area contributed by atoms with Crippen molar-refractivity contribution in [3.05, 3.63) is 53.2 Å². The maximum Gasteiger partial charge on any atom is 0.422 e. The average molecular weight is 422 g/mol. The molecule has 0 saturated carbocycles. The van der Waals surface area contributed by atoms with Gasteiger partial charge in [-0.2, -0.15) is 13.2 Å². The van der Waals surface area contributed by atoms with Crippen molar-refractivity contribution in [1.29, 1.82) is 0 Å². The summed E-state index contributed by atoms with van der Waals surface area (Å²) in [7, 11) is 0. The molecule has 0 bridgehead atoms. The predicted octanol–water partition coefficient (Wildman–Crippen LogP) is 3.26. The molecule has 0 amide bonds. The van der Waals surface area contributed by atoms with E-state index in [4.69, 9.17) is 4.74 Å². The van der Waals surface area contributed by atoms with Gasteiger partial charge in [-0.1, -0.05) is 18.2 Å². The largest absolute Gasteiger partial charge is 0.493 e. The molecule has 1 aromatic carbocycles. The number of guanidine groups is 1. The number of hydrogen-bond donors (Lipinski definition) is 2. The lowest BCUT2D eigenvalue weighted by Gasteiger charge is -2.12. The molecule has 30 heavy (non-hydrogen) atoms. The van der Waals surface area contributed by atoms with Gasteiger partial charge in [-0.05, 0) is 36.1 Å². The van der Waals surface area contributed by atoms with Crippen molar-refractivity contribution in [2.24, 2.45) is 4.99 Å². The Morgan fingerprint density at radius 1 is 1.20 bits per heavy atom. The van der Waals surface area contributed by atoms with Crippen LogP contribution in [0.25, 0.3) is 0 Å². The molecule has 9 heteroatoms. The minimum absolute atomic E-state index is 0.0650. The molecule has 0 saturated heterocycles. The Labute approximate surface area is 173 Å². The first kappa shape index (κ1) is 21.7. The number of halogens is 3. The summed E-state index contributed by atoms with van der Waals surface area (Å²) in [5.41, 5.74) is 3.26. The van der Waals surface area contributed by atoms with E-state index >= 15 is 0 Å². The summed E-state index contributed by atoms with van der Waals surface area (Å²) < 4.78 is 46.7. The SMILES string of the molecule is CCNC(=NCc1ccc(OCC(F)(F)F)nc1)NCCc1ccc2c(c1)CCO2. The van der Waals surface area contributed by atoms with Gasteiger partial charge < -0.3 is 20.1 Å². The molecule has 0 unspecified atom stereocenters. The van der Waals surface area contributed by atoms with Gasteiger partial charge in [-0.3, -0.25) is 0 Å². The molecule has 0 atom stereocenters. The number of aliphatic imine (C=N–C) groups is 1. The highest BCUT2D eigenvalue weighted by Gasteiger charge is 2.28. The van der Waals surface area contributed by atoms with Crippen molar-refractivity contribution in [3.8, 4) is 11.6 Å². The summed E-state index contributed by atoms with van der Waals surface area (Å²) in [5, 5.41) is 6.47. The molecule has 0 spiro atoms. The van der Waals surface area contributed by atoms with E-state index in [0.29, 0.717) is 25.6 Å². The minimum Gasteiger partial charge on any atom is -0.493 e. The highest BCUT2D eigenvalue weighted by atomic mass is 19.4. The van der Waals surface area contributed by atoms with E-state index in [0.717, 1.165) is 30.8 Å². The fourth-order valence-corrected chi connectivity index (χ4v) is 2.98. The first-order chi connectivity index (χ1) is 14.4. The normalized spacial score (nSPS) is 13.5. The predicted molar refractivity (Wildman–Crippen MR) is 108 cm³/mol. The smallest absolute Gasteiger partial charge is 0.422 e. The number of aromatic nitrogens is 1. The zero-order valence-corrected chi connectivity index (χ0v) is 16.8. The Kier molecular flexibility index (Phi) is 7.37. The highest BCUT2D eigenvalue weighted by Crippen LogP contribution is 2.25. The third-order valence-corrected chi connectivity index (χ3v) is 4.41. The van der Waals surface area contributed by atoms with Crippen LogP contribution < -0.4 is 20.1 Å². The van der Waals surface area contributed by atoms with E-state index in [1.54, 1.807) is 6.07 Å². The second-order valence-corrected chi connectivity index (χ2v) is 6.82. The first-order valence-electron chi connectivity index (χ1n) is 9.84. The van der Waals surface area contributed by atoms with E-state index in [2.05, 4.69) is 37.5 Å². The molecular weight excluding hydrogens is 397 g/mol. The Balaban J connectivity index is 1.49. The third-order valence-electron chi connectivity index (χ3n) is 4.41. The number of alkyl halides is 3. The Morgan fingerprint density at radius 2 is 2.03 bits per heavy atom. The van der Waals surface area contributed by atoms with Crippen LogP contribution in [0.3, 0.4) is 0 Å². The second kappa shape index (κ2) is 10.2. The van der Waals surface area contributed by atoms with E-state index in [1.807, 2.05) is 13.0 Å². The number of rotatable bonds is 8. The Hall–Kier alpha value is -2.97. The molecule has 0 aliphatic carbocycles. The monoisotopic (exact) mass is 422 g/mol. The van der Waals surface area contributed by atoms with Crippen LogP contribution in [0, 0.1) is 0 Å². The van der Waals surface area contributed by atoms with Gasteiger partial charge in [0.1, 0.15) is 5.75 Å². The number of nitrogens with one attached hydrogen (secondary N) is 2. The van der Waals surface area contributed by atoms with E-state index in [1.165, 1.54) is 23.4 Å². The van der Waals surface area contributed by atoms with Gasteiger partial charge in [-0.25, -0.2) is 9.98 Å². The summed E-state index contributed by atoms with van der Waals surface area (Å²) in [6.07, 6.45) is -1.12. The summed E-state index contributed by atoms with van der Waals surface area (Å²) in [6.45, 7) is 3.14. The number of benzene rings is 1. The molecule has 2 N–H and O–H groups in total. The molecule has 2 aromatic rings. The van der Waals surface area contributed by atoms with Gasteiger partial charge >= 0.3 is 6.18 Å². The molecule has 162 valence electrons. The molecule has 3 rings (SSSR count). The molecule has 0 fully saturated rings.